The number of alkyl halides is 3. The van der Waals surface area contributed by atoms with Gasteiger partial charge in [0.1, 0.15) is 24.3 Å². The number of halogens is 4. The molecule has 0 bridgehead atoms. The van der Waals surface area contributed by atoms with Crippen LogP contribution in [-0.4, -0.2) is 73.3 Å². The first kappa shape index (κ1) is 28.2. The summed E-state index contributed by atoms with van der Waals surface area (Å²) in [5.74, 6) is 0.442. The minimum Gasteiger partial charge on any atom is -0.488 e. The zero-order valence-corrected chi connectivity index (χ0v) is 22.1. The molecule has 0 spiro atoms. The normalized spacial score (nSPS) is 23.3. The average molecular weight is 561 g/mol. The van der Waals surface area contributed by atoms with Crippen LogP contribution < -0.4 is 10.1 Å². The number of benzene rings is 2. The van der Waals surface area contributed by atoms with Gasteiger partial charge in [0, 0.05) is 56.4 Å². The molecule has 5 rings (SSSR count). The molecule has 1 N–H and O–H groups in total. The van der Waals surface area contributed by atoms with Gasteiger partial charge >= 0.3 is 6.18 Å². The topological polar surface area (TPSA) is 77.8 Å². The SMILES string of the molecule is N#Cc1ccc(NC2CCC(OCC(=O)N3CCN(CC4Cc5cc(F)ccc5O4)CC3)CC2)cc1C(F)(F)F. The van der Waals surface area contributed by atoms with Crippen LogP contribution in [-0.2, 0) is 22.1 Å². The lowest BCUT2D eigenvalue weighted by molar-refractivity contribution is -0.140. The van der Waals surface area contributed by atoms with Crippen molar-refractivity contribution in [1.29, 1.82) is 5.26 Å². The third kappa shape index (κ3) is 6.85. The second kappa shape index (κ2) is 12.0. The van der Waals surface area contributed by atoms with E-state index < -0.39 is 17.3 Å². The van der Waals surface area contributed by atoms with Crippen molar-refractivity contribution in [3.05, 3.63) is 58.9 Å². The molecule has 2 aromatic carbocycles. The summed E-state index contributed by atoms with van der Waals surface area (Å²) in [7, 11) is 0. The lowest BCUT2D eigenvalue weighted by Gasteiger charge is -2.36. The first-order valence-electron chi connectivity index (χ1n) is 13.6. The molecule has 1 unspecified atom stereocenters. The van der Waals surface area contributed by atoms with E-state index in [0.717, 1.165) is 37.0 Å². The van der Waals surface area contributed by atoms with Gasteiger partial charge in [0.05, 0.1) is 23.3 Å². The molecule has 2 aliphatic heterocycles. The van der Waals surface area contributed by atoms with Gasteiger partial charge in [-0.15, -0.1) is 0 Å². The first-order chi connectivity index (χ1) is 19.2. The molecule has 0 aromatic heterocycles. The third-order valence-electron chi connectivity index (χ3n) is 7.88. The van der Waals surface area contributed by atoms with Crippen LogP contribution >= 0.6 is 0 Å². The lowest BCUT2D eigenvalue weighted by atomic mass is 9.92. The van der Waals surface area contributed by atoms with Crippen molar-refractivity contribution >= 4 is 11.6 Å². The molecule has 0 radical (unpaired) electrons. The Morgan fingerprint density at radius 1 is 1.07 bits per heavy atom. The van der Waals surface area contributed by atoms with E-state index in [-0.39, 0.29) is 36.6 Å². The predicted octanol–water partition coefficient (Wildman–Crippen LogP) is 4.60. The van der Waals surface area contributed by atoms with Gasteiger partial charge in [0.25, 0.3) is 0 Å². The average Bonchev–Trinajstić information content (AvgIpc) is 3.33. The number of ether oxygens (including phenoxy) is 2. The van der Waals surface area contributed by atoms with Crippen LogP contribution in [0.15, 0.2) is 36.4 Å². The van der Waals surface area contributed by atoms with Crippen molar-refractivity contribution in [3.8, 4) is 11.8 Å². The van der Waals surface area contributed by atoms with E-state index in [1.807, 2.05) is 4.90 Å². The largest absolute Gasteiger partial charge is 0.488 e. The molecule has 1 aliphatic carbocycles. The summed E-state index contributed by atoms with van der Waals surface area (Å²) in [6.45, 7) is 3.43. The second-order valence-electron chi connectivity index (χ2n) is 10.7. The van der Waals surface area contributed by atoms with Crippen LogP contribution in [0.25, 0.3) is 0 Å². The standard InChI is InChI=1S/C29H32F4N4O3/c30-21-2-8-27-20(13-21)14-25(40-27)17-36-9-11-37(12-10-36)28(38)18-39-24-6-4-22(5-7-24)35-23-3-1-19(16-34)26(15-23)29(31,32)33/h1-3,8,13,15,22,24-25,35H,4-7,9-12,14,17-18H2. The van der Waals surface area contributed by atoms with Gasteiger partial charge in [-0.2, -0.15) is 18.4 Å². The summed E-state index contributed by atoms with van der Waals surface area (Å²) in [5, 5.41) is 12.1. The Morgan fingerprint density at radius 2 is 1.82 bits per heavy atom. The minimum atomic E-state index is -4.59. The Hall–Kier alpha value is -3.36. The fourth-order valence-electron chi connectivity index (χ4n) is 5.71. The number of fused-ring (bicyclic) bond motifs is 1. The molecule has 1 amide bonds. The summed E-state index contributed by atoms with van der Waals surface area (Å²) in [5.41, 5.74) is -0.105. The summed E-state index contributed by atoms with van der Waals surface area (Å²) in [6.07, 6.45) is -1.18. The Kier molecular flexibility index (Phi) is 8.47. The highest BCUT2D eigenvalue weighted by Gasteiger charge is 2.34. The van der Waals surface area contributed by atoms with E-state index in [4.69, 9.17) is 14.7 Å². The van der Waals surface area contributed by atoms with Crippen LogP contribution in [0.4, 0.5) is 23.2 Å². The lowest BCUT2D eigenvalue weighted by Crippen LogP contribution is -2.51. The maximum absolute atomic E-state index is 13.5. The summed E-state index contributed by atoms with van der Waals surface area (Å²) in [4.78, 5) is 16.8. The van der Waals surface area contributed by atoms with Crippen molar-refractivity contribution in [2.45, 2.75) is 56.5 Å². The number of nitrogens with zero attached hydrogens (tertiary/aromatic N) is 3. The maximum atomic E-state index is 13.5. The molecular weight excluding hydrogens is 528 g/mol. The number of amides is 1. The fourth-order valence-corrected chi connectivity index (χ4v) is 5.71. The fraction of sp³-hybridized carbons (Fsp3) is 0.517. The monoisotopic (exact) mass is 560 g/mol. The van der Waals surface area contributed by atoms with Crippen LogP contribution in [0.2, 0.25) is 0 Å². The van der Waals surface area contributed by atoms with E-state index in [1.165, 1.54) is 24.3 Å². The van der Waals surface area contributed by atoms with E-state index >= 15 is 0 Å². The van der Waals surface area contributed by atoms with Gasteiger partial charge in [-0.3, -0.25) is 9.69 Å². The number of hydrogen-bond acceptors (Lipinski definition) is 6. The number of nitriles is 1. The Morgan fingerprint density at radius 3 is 2.52 bits per heavy atom. The van der Waals surface area contributed by atoms with Gasteiger partial charge in [-0.25, -0.2) is 4.39 Å². The van der Waals surface area contributed by atoms with Crippen molar-refractivity contribution in [2.75, 3.05) is 44.6 Å². The van der Waals surface area contributed by atoms with Crippen molar-refractivity contribution in [1.82, 2.24) is 9.80 Å². The molecular formula is C29H32F4N4O3. The van der Waals surface area contributed by atoms with E-state index in [9.17, 15) is 22.4 Å². The summed E-state index contributed by atoms with van der Waals surface area (Å²) >= 11 is 0. The Labute approximate surface area is 230 Å². The van der Waals surface area contributed by atoms with Crippen molar-refractivity contribution in [3.63, 3.8) is 0 Å². The van der Waals surface area contributed by atoms with E-state index in [0.29, 0.717) is 50.9 Å². The summed E-state index contributed by atoms with van der Waals surface area (Å²) in [6, 6.07) is 9.86. The third-order valence-corrected chi connectivity index (χ3v) is 7.88. The first-order valence-corrected chi connectivity index (χ1v) is 13.6. The number of rotatable bonds is 7. The second-order valence-corrected chi connectivity index (χ2v) is 10.7. The molecule has 11 heteroatoms. The highest BCUT2D eigenvalue weighted by Crippen LogP contribution is 2.34. The molecule has 1 saturated carbocycles. The van der Waals surface area contributed by atoms with Crippen LogP contribution in [0.3, 0.4) is 0 Å². The highest BCUT2D eigenvalue weighted by molar-refractivity contribution is 5.77. The predicted molar refractivity (Wildman–Crippen MR) is 139 cm³/mol. The van der Waals surface area contributed by atoms with Crippen LogP contribution in [0, 0.1) is 17.1 Å². The molecule has 2 fully saturated rings. The zero-order valence-electron chi connectivity index (χ0n) is 22.1. The minimum absolute atomic E-state index is 0.00619. The Bertz CT molecular complexity index is 1250. The van der Waals surface area contributed by atoms with Gasteiger partial charge in [-0.05, 0) is 62.1 Å². The molecule has 1 saturated heterocycles. The molecule has 1 atom stereocenters. The van der Waals surface area contributed by atoms with Gasteiger partial charge in [0.15, 0.2) is 0 Å². The number of piperazine rings is 1. The number of carbonyl (C=O) groups excluding carboxylic acids is 1. The van der Waals surface area contributed by atoms with E-state index in [2.05, 4.69) is 10.2 Å². The maximum Gasteiger partial charge on any atom is 0.417 e. The molecule has 7 nitrogen and oxygen atoms in total. The smallest absolute Gasteiger partial charge is 0.417 e. The number of hydrogen-bond donors (Lipinski definition) is 1. The number of anilines is 1. The van der Waals surface area contributed by atoms with Crippen LogP contribution in [0.1, 0.15) is 42.4 Å². The van der Waals surface area contributed by atoms with Crippen LogP contribution in [0.5, 0.6) is 5.75 Å². The molecule has 2 heterocycles. The van der Waals surface area contributed by atoms with E-state index in [1.54, 1.807) is 12.1 Å². The number of nitrogens with one attached hydrogen (secondary N) is 1. The zero-order chi connectivity index (χ0) is 28.3. The molecule has 40 heavy (non-hydrogen) atoms. The molecule has 3 aliphatic rings. The van der Waals surface area contributed by atoms with Crippen molar-refractivity contribution in [2.24, 2.45) is 0 Å². The Balaban J connectivity index is 0.998. The summed E-state index contributed by atoms with van der Waals surface area (Å²) < 4.78 is 65.0. The van der Waals surface area contributed by atoms with Gasteiger partial charge < -0.3 is 19.7 Å². The highest BCUT2D eigenvalue weighted by atomic mass is 19.4. The van der Waals surface area contributed by atoms with Gasteiger partial charge in [0.2, 0.25) is 5.91 Å². The van der Waals surface area contributed by atoms with Gasteiger partial charge in [-0.1, -0.05) is 0 Å². The molecule has 2 aromatic rings. The van der Waals surface area contributed by atoms with Crippen molar-refractivity contribution < 1.29 is 31.8 Å². The molecule has 214 valence electrons. The number of carbonyl (C=O) groups is 1. The quantitative estimate of drug-likeness (QED) is 0.499.